The lowest BCUT2D eigenvalue weighted by Gasteiger charge is -2.07. The summed E-state index contributed by atoms with van der Waals surface area (Å²) < 4.78 is 5.76. The largest absolute Gasteiger partial charge is 0.489 e. The fourth-order valence-electron chi connectivity index (χ4n) is 2.91. The topological polar surface area (TPSA) is 51.2 Å². The minimum atomic E-state index is -0.201. The van der Waals surface area contributed by atoms with Gasteiger partial charge < -0.3 is 4.74 Å². The van der Waals surface area contributed by atoms with Gasteiger partial charge in [0.2, 0.25) is 0 Å². The molecule has 150 valence electrons. The summed E-state index contributed by atoms with van der Waals surface area (Å²) in [5.41, 5.74) is 2.75. The molecule has 1 heterocycles. The normalized spacial score (nSPS) is 10.6. The van der Waals surface area contributed by atoms with Crippen LogP contribution in [0.5, 0.6) is 5.75 Å². The highest BCUT2D eigenvalue weighted by Crippen LogP contribution is 2.23. The van der Waals surface area contributed by atoms with E-state index in [1.165, 1.54) is 11.3 Å². The average Bonchev–Trinajstić information content (AvgIpc) is 3.20. The highest BCUT2D eigenvalue weighted by atomic mass is 35.5. The Morgan fingerprint density at radius 2 is 1.73 bits per heavy atom. The summed E-state index contributed by atoms with van der Waals surface area (Å²) in [5, 5.41) is 4.14. The van der Waals surface area contributed by atoms with Gasteiger partial charge in [-0.15, -0.1) is 11.3 Å². The van der Waals surface area contributed by atoms with Gasteiger partial charge in [-0.05, 0) is 47.5 Å². The summed E-state index contributed by atoms with van der Waals surface area (Å²) >= 11 is 7.49. The van der Waals surface area contributed by atoms with Gasteiger partial charge in [0.1, 0.15) is 12.4 Å². The number of hydrogen-bond acceptors (Lipinski definition) is 4. The second kappa shape index (κ2) is 9.57. The molecule has 0 atom stereocenters. The fraction of sp³-hybridized carbons (Fsp3) is 0.0833. The van der Waals surface area contributed by atoms with E-state index >= 15 is 0 Å². The van der Waals surface area contributed by atoms with Crippen molar-refractivity contribution >= 4 is 34.0 Å². The van der Waals surface area contributed by atoms with Crippen LogP contribution >= 0.6 is 22.9 Å². The van der Waals surface area contributed by atoms with Crippen LogP contribution in [0.3, 0.4) is 0 Å². The van der Waals surface area contributed by atoms with Crippen molar-refractivity contribution in [2.75, 3.05) is 5.32 Å². The standard InChI is InChI=1S/C24H19ClN2O2S/c25-20-8-4-7-18(13-20)14-22-15-26-24(30-22)27-23(28)19-9-11-21(12-10-19)29-16-17-5-2-1-3-6-17/h1-13,15H,14,16H2,(H,26,27,28). The van der Waals surface area contributed by atoms with Gasteiger partial charge in [0, 0.05) is 28.1 Å². The lowest BCUT2D eigenvalue weighted by molar-refractivity contribution is 0.102. The molecule has 0 aliphatic heterocycles. The van der Waals surface area contributed by atoms with E-state index in [2.05, 4.69) is 10.3 Å². The molecular weight excluding hydrogens is 416 g/mol. The molecule has 4 rings (SSSR count). The zero-order valence-electron chi connectivity index (χ0n) is 16.0. The predicted octanol–water partition coefficient (Wildman–Crippen LogP) is 6.22. The molecule has 0 unspecified atom stereocenters. The first-order valence-corrected chi connectivity index (χ1v) is 10.6. The first kappa shape index (κ1) is 20.1. The summed E-state index contributed by atoms with van der Waals surface area (Å²) in [6.07, 6.45) is 2.50. The molecule has 0 fully saturated rings. The Morgan fingerprint density at radius 3 is 2.50 bits per heavy atom. The molecule has 1 N–H and O–H groups in total. The first-order valence-electron chi connectivity index (χ1n) is 9.43. The SMILES string of the molecule is O=C(Nc1ncc(Cc2cccc(Cl)c2)s1)c1ccc(OCc2ccccc2)cc1. The van der Waals surface area contributed by atoms with Crippen LogP contribution in [0, 0.1) is 0 Å². The number of benzene rings is 3. The van der Waals surface area contributed by atoms with Crippen molar-refractivity contribution < 1.29 is 9.53 Å². The van der Waals surface area contributed by atoms with Crippen molar-refractivity contribution in [3.8, 4) is 5.75 Å². The van der Waals surface area contributed by atoms with E-state index in [4.69, 9.17) is 16.3 Å². The number of aromatic nitrogens is 1. The van der Waals surface area contributed by atoms with Crippen molar-refractivity contribution in [3.63, 3.8) is 0 Å². The Bertz CT molecular complexity index is 1130. The van der Waals surface area contributed by atoms with Crippen molar-refractivity contribution in [2.24, 2.45) is 0 Å². The third-order valence-corrected chi connectivity index (χ3v) is 5.55. The maximum atomic E-state index is 12.5. The van der Waals surface area contributed by atoms with Crippen LogP contribution in [0.15, 0.2) is 85.1 Å². The predicted molar refractivity (Wildman–Crippen MR) is 122 cm³/mol. The molecule has 0 saturated heterocycles. The summed E-state index contributed by atoms with van der Waals surface area (Å²) in [4.78, 5) is 17.9. The van der Waals surface area contributed by atoms with Crippen LogP contribution in [0.25, 0.3) is 0 Å². The smallest absolute Gasteiger partial charge is 0.257 e. The van der Waals surface area contributed by atoms with E-state index in [1.54, 1.807) is 30.5 Å². The molecule has 30 heavy (non-hydrogen) atoms. The Balaban J connectivity index is 1.33. The Morgan fingerprint density at radius 1 is 0.967 bits per heavy atom. The van der Waals surface area contributed by atoms with Gasteiger partial charge in [-0.2, -0.15) is 0 Å². The van der Waals surface area contributed by atoms with E-state index < -0.39 is 0 Å². The molecule has 0 aliphatic carbocycles. The molecule has 0 radical (unpaired) electrons. The van der Waals surface area contributed by atoms with Crippen LogP contribution in [0.2, 0.25) is 5.02 Å². The van der Waals surface area contributed by atoms with E-state index in [1.807, 2.05) is 54.6 Å². The molecule has 1 aromatic heterocycles. The van der Waals surface area contributed by atoms with Gasteiger partial charge >= 0.3 is 0 Å². The Kier molecular flexibility index (Phi) is 6.42. The van der Waals surface area contributed by atoms with Gasteiger partial charge in [0.25, 0.3) is 5.91 Å². The number of nitrogens with one attached hydrogen (secondary N) is 1. The second-order valence-corrected chi connectivity index (χ2v) is 8.24. The number of thiazole rings is 1. The lowest BCUT2D eigenvalue weighted by atomic mass is 10.1. The fourth-order valence-corrected chi connectivity index (χ4v) is 3.96. The van der Waals surface area contributed by atoms with Gasteiger partial charge in [-0.1, -0.05) is 54.1 Å². The minimum Gasteiger partial charge on any atom is -0.489 e. The second-order valence-electron chi connectivity index (χ2n) is 6.69. The Hall–Kier alpha value is -3.15. The molecule has 0 saturated carbocycles. The molecule has 3 aromatic carbocycles. The van der Waals surface area contributed by atoms with Gasteiger partial charge in [-0.25, -0.2) is 4.98 Å². The number of ether oxygens (including phenoxy) is 1. The number of hydrogen-bond donors (Lipinski definition) is 1. The van der Waals surface area contributed by atoms with Crippen LogP contribution < -0.4 is 10.1 Å². The van der Waals surface area contributed by atoms with Crippen LogP contribution in [0.1, 0.15) is 26.4 Å². The quantitative estimate of drug-likeness (QED) is 0.375. The summed E-state index contributed by atoms with van der Waals surface area (Å²) in [6.45, 7) is 0.487. The molecular formula is C24H19ClN2O2S. The van der Waals surface area contributed by atoms with Crippen LogP contribution in [-0.4, -0.2) is 10.9 Å². The van der Waals surface area contributed by atoms with Crippen molar-refractivity contribution in [1.82, 2.24) is 4.98 Å². The summed E-state index contributed by atoms with van der Waals surface area (Å²) in [5.74, 6) is 0.515. The van der Waals surface area contributed by atoms with Gasteiger partial charge in [0.05, 0.1) is 0 Å². The molecule has 1 amide bonds. The third kappa shape index (κ3) is 5.47. The van der Waals surface area contributed by atoms with Gasteiger partial charge in [-0.3, -0.25) is 10.1 Å². The van der Waals surface area contributed by atoms with Crippen molar-refractivity contribution in [3.05, 3.63) is 112 Å². The van der Waals surface area contributed by atoms with Crippen molar-refractivity contribution in [2.45, 2.75) is 13.0 Å². The van der Waals surface area contributed by atoms with Gasteiger partial charge in [0.15, 0.2) is 5.13 Å². The lowest BCUT2D eigenvalue weighted by Crippen LogP contribution is -2.11. The number of anilines is 1. The minimum absolute atomic E-state index is 0.201. The summed E-state index contributed by atoms with van der Waals surface area (Å²) in [7, 11) is 0. The molecule has 4 aromatic rings. The zero-order chi connectivity index (χ0) is 20.8. The van der Waals surface area contributed by atoms with Crippen molar-refractivity contribution in [1.29, 1.82) is 0 Å². The van der Waals surface area contributed by atoms with E-state index in [0.717, 1.165) is 22.4 Å². The Labute approximate surface area is 184 Å². The molecule has 6 heteroatoms. The maximum Gasteiger partial charge on any atom is 0.257 e. The highest BCUT2D eigenvalue weighted by molar-refractivity contribution is 7.15. The van der Waals surface area contributed by atoms with E-state index in [0.29, 0.717) is 28.1 Å². The molecule has 0 spiro atoms. The number of halogens is 1. The zero-order valence-corrected chi connectivity index (χ0v) is 17.6. The number of carbonyl (C=O) groups is 1. The van der Waals surface area contributed by atoms with Crippen LogP contribution in [0.4, 0.5) is 5.13 Å². The average molecular weight is 435 g/mol. The number of rotatable bonds is 7. The highest BCUT2D eigenvalue weighted by Gasteiger charge is 2.10. The third-order valence-electron chi connectivity index (χ3n) is 4.41. The molecule has 0 bridgehead atoms. The summed E-state index contributed by atoms with van der Waals surface area (Å²) in [6, 6.07) is 24.8. The molecule has 0 aliphatic rings. The number of nitrogens with zero attached hydrogens (tertiary/aromatic N) is 1. The maximum absolute atomic E-state index is 12.5. The monoisotopic (exact) mass is 434 g/mol. The van der Waals surface area contributed by atoms with Crippen LogP contribution in [-0.2, 0) is 13.0 Å². The van der Waals surface area contributed by atoms with E-state index in [-0.39, 0.29) is 5.91 Å². The first-order chi connectivity index (χ1) is 14.7. The molecule has 4 nitrogen and oxygen atoms in total. The number of amides is 1. The number of carbonyl (C=O) groups excluding carboxylic acids is 1. The van der Waals surface area contributed by atoms with E-state index in [9.17, 15) is 4.79 Å².